The molecule has 0 radical (unpaired) electrons. The molecular formula is C18H18FN3O2. The predicted octanol–water partition coefficient (Wildman–Crippen LogP) is 2.58. The molecule has 6 heteroatoms. The number of fused-ring (bicyclic) bond motifs is 1. The van der Waals surface area contributed by atoms with Crippen molar-refractivity contribution >= 4 is 16.8 Å². The van der Waals surface area contributed by atoms with Crippen molar-refractivity contribution in [1.29, 1.82) is 0 Å². The Bertz CT molecular complexity index is 910. The Kier molecular flexibility index (Phi) is 3.82. The molecule has 0 amide bonds. The highest BCUT2D eigenvalue weighted by Gasteiger charge is 2.19. The Balaban J connectivity index is 1.42. The molecule has 0 saturated carbocycles. The van der Waals surface area contributed by atoms with Gasteiger partial charge in [-0.3, -0.25) is 9.88 Å². The van der Waals surface area contributed by atoms with E-state index in [4.69, 9.17) is 4.42 Å². The third-order valence-electron chi connectivity index (χ3n) is 4.46. The molecule has 1 aromatic heterocycles. The van der Waals surface area contributed by atoms with Crippen LogP contribution in [0, 0.1) is 5.82 Å². The van der Waals surface area contributed by atoms with Crippen LogP contribution in [0.1, 0.15) is 5.56 Å². The molecule has 1 saturated heterocycles. The van der Waals surface area contributed by atoms with Crippen molar-refractivity contribution < 1.29 is 8.81 Å². The van der Waals surface area contributed by atoms with Crippen LogP contribution in [0.2, 0.25) is 0 Å². The zero-order valence-electron chi connectivity index (χ0n) is 13.2. The van der Waals surface area contributed by atoms with E-state index in [9.17, 15) is 9.18 Å². The van der Waals surface area contributed by atoms with Gasteiger partial charge in [0.25, 0.3) is 0 Å². The number of hydrogen-bond donors (Lipinski definition) is 1. The second kappa shape index (κ2) is 6.13. The smallest absolute Gasteiger partial charge is 0.408 e. The van der Waals surface area contributed by atoms with Crippen LogP contribution in [0.5, 0.6) is 0 Å². The van der Waals surface area contributed by atoms with Crippen LogP contribution < -0.4 is 10.7 Å². The molecule has 3 aromatic rings. The van der Waals surface area contributed by atoms with E-state index < -0.39 is 5.76 Å². The number of para-hydroxylation sites is 1. The van der Waals surface area contributed by atoms with Gasteiger partial charge in [-0.25, -0.2) is 9.18 Å². The number of piperazine rings is 1. The number of rotatable bonds is 3. The van der Waals surface area contributed by atoms with E-state index in [0.717, 1.165) is 38.3 Å². The van der Waals surface area contributed by atoms with Crippen molar-refractivity contribution in [3.63, 3.8) is 0 Å². The molecule has 5 nitrogen and oxygen atoms in total. The van der Waals surface area contributed by atoms with Gasteiger partial charge in [-0.05, 0) is 29.8 Å². The molecule has 124 valence electrons. The monoisotopic (exact) mass is 327 g/mol. The largest absolute Gasteiger partial charge is 0.417 e. The minimum Gasteiger partial charge on any atom is -0.408 e. The molecule has 2 aromatic carbocycles. The molecule has 24 heavy (non-hydrogen) atoms. The normalized spacial score (nSPS) is 16.0. The van der Waals surface area contributed by atoms with Crippen molar-refractivity contribution in [3.8, 4) is 0 Å². The fourth-order valence-corrected chi connectivity index (χ4v) is 3.20. The summed E-state index contributed by atoms with van der Waals surface area (Å²) >= 11 is 0. The lowest BCUT2D eigenvalue weighted by molar-refractivity contribution is 0.249. The lowest BCUT2D eigenvalue weighted by atomic mass is 10.1. The lowest BCUT2D eigenvalue weighted by Gasteiger charge is -2.36. The van der Waals surface area contributed by atoms with E-state index in [2.05, 4.69) is 14.8 Å². The van der Waals surface area contributed by atoms with Gasteiger partial charge in [-0.1, -0.05) is 18.2 Å². The van der Waals surface area contributed by atoms with E-state index in [1.165, 1.54) is 6.07 Å². The summed E-state index contributed by atoms with van der Waals surface area (Å²) in [5.74, 6) is -0.598. The SMILES string of the molecule is O=c1[nH]c2ccc(CN3CCN(c4ccccc4F)CC3)cc2o1. The second-order valence-corrected chi connectivity index (χ2v) is 6.06. The minimum atomic E-state index is -0.430. The van der Waals surface area contributed by atoms with E-state index in [-0.39, 0.29) is 5.82 Å². The van der Waals surface area contributed by atoms with E-state index in [1.54, 1.807) is 6.07 Å². The summed E-state index contributed by atoms with van der Waals surface area (Å²) in [6.45, 7) is 4.10. The first-order valence-electron chi connectivity index (χ1n) is 8.03. The van der Waals surface area contributed by atoms with Crippen molar-refractivity contribution in [2.45, 2.75) is 6.54 Å². The number of halogens is 1. The van der Waals surface area contributed by atoms with Crippen LogP contribution in [-0.2, 0) is 6.54 Å². The Labute approximate surface area is 138 Å². The number of oxazole rings is 1. The molecule has 0 unspecified atom stereocenters. The second-order valence-electron chi connectivity index (χ2n) is 6.06. The van der Waals surface area contributed by atoms with E-state index in [0.29, 0.717) is 16.8 Å². The first-order valence-corrected chi connectivity index (χ1v) is 8.03. The van der Waals surface area contributed by atoms with Crippen LogP contribution >= 0.6 is 0 Å². The van der Waals surface area contributed by atoms with E-state index >= 15 is 0 Å². The maximum atomic E-state index is 13.9. The third-order valence-corrected chi connectivity index (χ3v) is 4.46. The van der Waals surface area contributed by atoms with Crippen LogP contribution in [0.4, 0.5) is 10.1 Å². The van der Waals surface area contributed by atoms with Gasteiger partial charge in [0.05, 0.1) is 11.2 Å². The Morgan fingerprint density at radius 1 is 1.08 bits per heavy atom. The van der Waals surface area contributed by atoms with Gasteiger partial charge in [-0.2, -0.15) is 0 Å². The van der Waals surface area contributed by atoms with Crippen LogP contribution in [-0.4, -0.2) is 36.1 Å². The molecule has 1 N–H and O–H groups in total. The summed E-state index contributed by atoms with van der Waals surface area (Å²) in [6.07, 6.45) is 0. The van der Waals surface area contributed by atoms with E-state index in [1.807, 2.05) is 30.3 Å². The maximum absolute atomic E-state index is 13.9. The first-order chi connectivity index (χ1) is 11.7. The number of aromatic nitrogens is 1. The molecule has 1 fully saturated rings. The quantitative estimate of drug-likeness (QED) is 0.803. The topological polar surface area (TPSA) is 52.5 Å². The number of anilines is 1. The molecule has 0 bridgehead atoms. The van der Waals surface area contributed by atoms with Crippen molar-refractivity contribution in [1.82, 2.24) is 9.88 Å². The molecule has 4 rings (SSSR count). The average Bonchev–Trinajstić information content (AvgIpc) is 2.95. The molecule has 2 heterocycles. The standard InChI is InChI=1S/C18H18FN3O2/c19-14-3-1-2-4-16(14)22-9-7-21(8-10-22)12-13-5-6-15-17(11-13)24-18(23)20-15/h1-6,11H,7-10,12H2,(H,20,23). The van der Waals surface area contributed by atoms with Gasteiger partial charge in [0.15, 0.2) is 5.58 Å². The molecule has 0 atom stereocenters. The van der Waals surface area contributed by atoms with Gasteiger partial charge < -0.3 is 9.32 Å². The number of nitrogens with one attached hydrogen (secondary N) is 1. The Morgan fingerprint density at radius 3 is 2.67 bits per heavy atom. The van der Waals surface area contributed by atoms with Crippen LogP contribution in [0.25, 0.3) is 11.1 Å². The number of benzene rings is 2. The fraction of sp³-hybridized carbons (Fsp3) is 0.278. The lowest BCUT2D eigenvalue weighted by Crippen LogP contribution is -2.46. The molecule has 0 aliphatic carbocycles. The summed E-state index contributed by atoms with van der Waals surface area (Å²) in [6, 6.07) is 12.7. The zero-order chi connectivity index (χ0) is 16.5. The first kappa shape index (κ1) is 15.0. The summed E-state index contributed by atoms with van der Waals surface area (Å²) < 4.78 is 19.0. The van der Waals surface area contributed by atoms with Crippen LogP contribution in [0.3, 0.4) is 0 Å². The number of nitrogens with zero attached hydrogens (tertiary/aromatic N) is 2. The number of hydrogen-bond acceptors (Lipinski definition) is 4. The summed E-state index contributed by atoms with van der Waals surface area (Å²) in [5, 5.41) is 0. The molecule has 1 aliphatic rings. The van der Waals surface area contributed by atoms with Gasteiger partial charge in [-0.15, -0.1) is 0 Å². The Hall–Kier alpha value is -2.60. The van der Waals surface area contributed by atoms with Gasteiger partial charge in [0, 0.05) is 32.7 Å². The highest BCUT2D eigenvalue weighted by atomic mass is 19.1. The van der Waals surface area contributed by atoms with Gasteiger partial charge >= 0.3 is 5.76 Å². The van der Waals surface area contributed by atoms with Gasteiger partial charge in [0.2, 0.25) is 0 Å². The minimum absolute atomic E-state index is 0.168. The summed E-state index contributed by atoms with van der Waals surface area (Å²) in [4.78, 5) is 18.3. The highest BCUT2D eigenvalue weighted by molar-refractivity contribution is 5.72. The summed E-state index contributed by atoms with van der Waals surface area (Å²) in [7, 11) is 0. The van der Waals surface area contributed by atoms with Crippen molar-refractivity contribution in [2.24, 2.45) is 0 Å². The van der Waals surface area contributed by atoms with Crippen molar-refractivity contribution in [3.05, 3.63) is 64.4 Å². The molecule has 1 aliphatic heterocycles. The fourth-order valence-electron chi connectivity index (χ4n) is 3.20. The molecule has 0 spiro atoms. The number of H-pyrrole nitrogens is 1. The third kappa shape index (κ3) is 2.92. The maximum Gasteiger partial charge on any atom is 0.417 e. The summed E-state index contributed by atoms with van der Waals surface area (Å²) in [5.41, 5.74) is 3.08. The number of aromatic amines is 1. The Morgan fingerprint density at radius 2 is 1.88 bits per heavy atom. The molecular weight excluding hydrogens is 309 g/mol. The average molecular weight is 327 g/mol. The van der Waals surface area contributed by atoms with Crippen molar-refractivity contribution in [2.75, 3.05) is 31.1 Å². The van der Waals surface area contributed by atoms with Gasteiger partial charge in [0.1, 0.15) is 5.82 Å². The zero-order valence-corrected chi connectivity index (χ0v) is 13.2. The highest BCUT2D eigenvalue weighted by Crippen LogP contribution is 2.21. The predicted molar refractivity (Wildman–Crippen MR) is 90.7 cm³/mol. The van der Waals surface area contributed by atoms with Crippen LogP contribution in [0.15, 0.2) is 51.7 Å².